The van der Waals surface area contributed by atoms with Crippen LogP contribution in [0.4, 0.5) is 0 Å². The highest BCUT2D eigenvalue weighted by atomic mass is 127. The lowest BCUT2D eigenvalue weighted by Crippen LogP contribution is -2.25. The van der Waals surface area contributed by atoms with E-state index in [1.165, 1.54) is 0 Å². The number of hydrogen-bond acceptors (Lipinski definition) is 1. The van der Waals surface area contributed by atoms with Crippen molar-refractivity contribution in [1.29, 1.82) is 0 Å². The maximum Gasteiger partial charge on any atom is 0.0829 e. The lowest BCUT2D eigenvalue weighted by Gasteiger charge is -2.23. The summed E-state index contributed by atoms with van der Waals surface area (Å²) >= 11 is 2.40. The first kappa shape index (κ1) is 9.26. The quantitative estimate of drug-likeness (QED) is 0.423. The Morgan fingerprint density at radius 3 is 3.18 bits per heavy atom. The van der Waals surface area contributed by atoms with Gasteiger partial charge in [-0.3, -0.25) is 0 Å². The fourth-order valence-electron chi connectivity index (χ4n) is 1.16. The van der Waals surface area contributed by atoms with Gasteiger partial charge in [0.2, 0.25) is 0 Å². The Balaban J connectivity index is 2.55. The first-order valence-electron chi connectivity index (χ1n) is 3.85. The Morgan fingerprint density at radius 1 is 1.73 bits per heavy atom. The van der Waals surface area contributed by atoms with Crippen molar-refractivity contribution in [2.75, 3.05) is 11.0 Å². The molecule has 1 nitrogen and oxygen atoms in total. The zero-order valence-corrected chi connectivity index (χ0v) is 8.82. The molecule has 0 saturated carbocycles. The van der Waals surface area contributed by atoms with E-state index in [0.29, 0.717) is 12.0 Å². The molecule has 2 unspecified atom stereocenters. The molecular formula is C9H13IO. The van der Waals surface area contributed by atoms with E-state index in [4.69, 9.17) is 4.74 Å². The number of allylic oxidation sites excluding steroid dienone is 1. The van der Waals surface area contributed by atoms with E-state index in [2.05, 4.69) is 46.9 Å². The highest BCUT2D eigenvalue weighted by Gasteiger charge is 2.17. The van der Waals surface area contributed by atoms with Crippen molar-refractivity contribution in [3.05, 3.63) is 24.3 Å². The number of hydrogen-bond donors (Lipinski definition) is 0. The van der Waals surface area contributed by atoms with Crippen molar-refractivity contribution in [1.82, 2.24) is 0 Å². The molecule has 0 radical (unpaired) electrons. The SMILES string of the molecule is C/C=C\C1OCC=CC1CI. The predicted octanol–water partition coefficient (Wildman–Crippen LogP) is 2.57. The molecule has 0 aromatic rings. The Labute approximate surface area is 81.6 Å². The van der Waals surface area contributed by atoms with Crippen LogP contribution in [-0.2, 0) is 4.74 Å². The maximum absolute atomic E-state index is 5.54. The van der Waals surface area contributed by atoms with E-state index in [1.807, 2.05) is 6.92 Å². The number of halogens is 1. The van der Waals surface area contributed by atoms with Gasteiger partial charge in [-0.05, 0) is 6.92 Å². The third-order valence-corrected chi connectivity index (χ3v) is 2.77. The number of alkyl halides is 1. The molecular weight excluding hydrogens is 251 g/mol. The topological polar surface area (TPSA) is 9.23 Å². The molecule has 2 atom stereocenters. The van der Waals surface area contributed by atoms with Crippen molar-refractivity contribution < 1.29 is 4.74 Å². The van der Waals surface area contributed by atoms with Crippen molar-refractivity contribution in [2.45, 2.75) is 13.0 Å². The normalized spacial score (nSPS) is 31.5. The van der Waals surface area contributed by atoms with Gasteiger partial charge in [-0.1, -0.05) is 46.9 Å². The van der Waals surface area contributed by atoms with Crippen LogP contribution in [0.1, 0.15) is 6.92 Å². The predicted molar refractivity (Wildman–Crippen MR) is 56.1 cm³/mol. The van der Waals surface area contributed by atoms with Crippen LogP contribution in [0, 0.1) is 5.92 Å². The summed E-state index contributed by atoms with van der Waals surface area (Å²) in [6, 6.07) is 0. The molecule has 1 heterocycles. The van der Waals surface area contributed by atoms with E-state index in [-0.39, 0.29) is 0 Å². The summed E-state index contributed by atoms with van der Waals surface area (Å²) in [5.41, 5.74) is 0. The molecule has 11 heavy (non-hydrogen) atoms. The second-order valence-corrected chi connectivity index (χ2v) is 3.45. The molecule has 0 aliphatic carbocycles. The van der Waals surface area contributed by atoms with E-state index >= 15 is 0 Å². The van der Waals surface area contributed by atoms with Crippen molar-refractivity contribution in [2.24, 2.45) is 5.92 Å². The van der Waals surface area contributed by atoms with Crippen LogP contribution in [0.15, 0.2) is 24.3 Å². The van der Waals surface area contributed by atoms with Crippen molar-refractivity contribution >= 4 is 22.6 Å². The van der Waals surface area contributed by atoms with Crippen molar-refractivity contribution in [3.8, 4) is 0 Å². The van der Waals surface area contributed by atoms with Gasteiger partial charge in [0.05, 0.1) is 12.7 Å². The Morgan fingerprint density at radius 2 is 2.55 bits per heavy atom. The zero-order valence-electron chi connectivity index (χ0n) is 6.66. The summed E-state index contributed by atoms with van der Waals surface area (Å²) in [6.07, 6.45) is 8.85. The molecule has 0 fully saturated rings. The first-order valence-corrected chi connectivity index (χ1v) is 5.38. The minimum Gasteiger partial charge on any atom is -0.369 e. The molecule has 0 N–H and O–H groups in total. The standard InChI is InChI=1S/C9H13IO/c1-2-4-9-8(7-10)5-3-6-11-9/h2-5,8-9H,6-7H2,1H3/b4-2-. The molecule has 0 spiro atoms. The average Bonchev–Trinajstić information content (AvgIpc) is 2.06. The summed E-state index contributed by atoms with van der Waals surface area (Å²) in [4.78, 5) is 0. The van der Waals surface area contributed by atoms with Crippen LogP contribution in [-0.4, -0.2) is 17.1 Å². The second-order valence-electron chi connectivity index (χ2n) is 2.57. The number of ether oxygens (including phenoxy) is 1. The lowest BCUT2D eigenvalue weighted by atomic mass is 10.0. The van der Waals surface area contributed by atoms with Crippen LogP contribution in [0.25, 0.3) is 0 Å². The van der Waals surface area contributed by atoms with Crippen LogP contribution >= 0.6 is 22.6 Å². The highest BCUT2D eigenvalue weighted by Crippen LogP contribution is 2.18. The van der Waals surface area contributed by atoms with Gasteiger partial charge in [0.15, 0.2) is 0 Å². The van der Waals surface area contributed by atoms with Crippen LogP contribution < -0.4 is 0 Å². The van der Waals surface area contributed by atoms with Gasteiger partial charge in [0.25, 0.3) is 0 Å². The molecule has 1 aliphatic rings. The van der Waals surface area contributed by atoms with Gasteiger partial charge in [0.1, 0.15) is 0 Å². The summed E-state index contributed by atoms with van der Waals surface area (Å²) in [5, 5.41) is 0. The van der Waals surface area contributed by atoms with Gasteiger partial charge in [-0.15, -0.1) is 0 Å². The molecule has 2 heteroatoms. The van der Waals surface area contributed by atoms with Crippen molar-refractivity contribution in [3.63, 3.8) is 0 Å². The Hall–Kier alpha value is 0.170. The fourth-order valence-corrected chi connectivity index (χ4v) is 1.95. The molecule has 0 amide bonds. The monoisotopic (exact) mass is 264 g/mol. The Kier molecular flexibility index (Phi) is 4.15. The third-order valence-electron chi connectivity index (χ3n) is 1.75. The van der Waals surface area contributed by atoms with Crippen LogP contribution in [0.5, 0.6) is 0 Å². The number of rotatable bonds is 2. The van der Waals surface area contributed by atoms with Gasteiger partial charge >= 0.3 is 0 Å². The van der Waals surface area contributed by atoms with E-state index in [1.54, 1.807) is 0 Å². The van der Waals surface area contributed by atoms with E-state index in [0.717, 1.165) is 11.0 Å². The Bertz CT molecular complexity index is 163. The molecule has 0 aromatic heterocycles. The molecule has 62 valence electrons. The maximum atomic E-state index is 5.54. The van der Waals surface area contributed by atoms with Gasteiger partial charge in [-0.25, -0.2) is 0 Å². The van der Waals surface area contributed by atoms with Gasteiger partial charge in [-0.2, -0.15) is 0 Å². The molecule has 0 bridgehead atoms. The first-order chi connectivity index (χ1) is 5.38. The summed E-state index contributed by atoms with van der Waals surface area (Å²) in [5.74, 6) is 0.570. The average molecular weight is 264 g/mol. The fraction of sp³-hybridized carbons (Fsp3) is 0.556. The summed E-state index contributed by atoms with van der Waals surface area (Å²) in [6.45, 7) is 2.80. The largest absolute Gasteiger partial charge is 0.369 e. The third kappa shape index (κ3) is 2.60. The van der Waals surface area contributed by atoms with Crippen LogP contribution in [0.3, 0.4) is 0 Å². The smallest absolute Gasteiger partial charge is 0.0829 e. The molecule has 0 aromatic carbocycles. The summed E-state index contributed by atoms with van der Waals surface area (Å²) < 4.78 is 6.67. The molecule has 1 rings (SSSR count). The zero-order chi connectivity index (χ0) is 8.10. The minimum absolute atomic E-state index is 0.307. The van der Waals surface area contributed by atoms with Crippen LogP contribution in [0.2, 0.25) is 0 Å². The molecule has 0 saturated heterocycles. The summed E-state index contributed by atoms with van der Waals surface area (Å²) in [7, 11) is 0. The van der Waals surface area contributed by atoms with E-state index in [9.17, 15) is 0 Å². The van der Waals surface area contributed by atoms with E-state index < -0.39 is 0 Å². The van der Waals surface area contributed by atoms with Gasteiger partial charge < -0.3 is 4.74 Å². The highest BCUT2D eigenvalue weighted by molar-refractivity contribution is 14.1. The lowest BCUT2D eigenvalue weighted by molar-refractivity contribution is 0.0754. The van der Waals surface area contributed by atoms with Gasteiger partial charge in [0, 0.05) is 10.3 Å². The minimum atomic E-state index is 0.307. The molecule has 1 aliphatic heterocycles. The second kappa shape index (κ2) is 4.93.